The van der Waals surface area contributed by atoms with Crippen LogP contribution in [-0.4, -0.2) is 24.1 Å². The van der Waals surface area contributed by atoms with Gasteiger partial charge in [-0.05, 0) is 61.4 Å². The molecular formula is C20H21FN4O3S. The molecule has 1 aromatic heterocycles. The number of anilines is 2. The number of benzene rings is 2. The molecule has 3 aromatic rings. The van der Waals surface area contributed by atoms with Crippen LogP contribution in [0.4, 0.5) is 15.8 Å². The van der Waals surface area contributed by atoms with Crippen LogP contribution in [0.1, 0.15) is 34.7 Å². The molecule has 0 radical (unpaired) electrons. The van der Waals surface area contributed by atoms with E-state index in [0.717, 1.165) is 0 Å². The Morgan fingerprint density at radius 2 is 1.90 bits per heavy atom. The highest BCUT2D eigenvalue weighted by atomic mass is 32.2. The molecule has 0 fully saturated rings. The summed E-state index contributed by atoms with van der Waals surface area (Å²) in [6.45, 7) is 3.01. The highest BCUT2D eigenvalue weighted by molar-refractivity contribution is 7.92. The van der Waals surface area contributed by atoms with Crippen molar-refractivity contribution >= 4 is 27.3 Å². The summed E-state index contributed by atoms with van der Waals surface area (Å²) in [7, 11) is -2.18. The number of nitrogens with one attached hydrogen (secondary N) is 2. The van der Waals surface area contributed by atoms with Gasteiger partial charge in [0.25, 0.3) is 15.9 Å². The fourth-order valence-electron chi connectivity index (χ4n) is 2.82. The van der Waals surface area contributed by atoms with Gasteiger partial charge in [0.2, 0.25) is 0 Å². The number of amides is 1. The molecule has 0 bridgehead atoms. The normalized spacial score (nSPS) is 12.4. The molecule has 29 heavy (non-hydrogen) atoms. The topological polar surface area (TPSA) is 93.1 Å². The van der Waals surface area contributed by atoms with Gasteiger partial charge in [0, 0.05) is 24.6 Å². The van der Waals surface area contributed by atoms with Gasteiger partial charge in [-0.15, -0.1) is 0 Å². The maximum Gasteiger partial charge on any atom is 0.276 e. The van der Waals surface area contributed by atoms with Gasteiger partial charge in [0.15, 0.2) is 5.69 Å². The molecule has 0 spiro atoms. The van der Waals surface area contributed by atoms with Crippen molar-refractivity contribution in [1.29, 1.82) is 0 Å². The van der Waals surface area contributed by atoms with Crippen LogP contribution < -0.4 is 10.0 Å². The summed E-state index contributed by atoms with van der Waals surface area (Å²) in [6, 6.07) is 12.3. The summed E-state index contributed by atoms with van der Waals surface area (Å²) in [6.07, 6.45) is 0.448. The fraction of sp³-hybridized carbons (Fsp3) is 0.200. The van der Waals surface area contributed by atoms with Crippen LogP contribution in [0.2, 0.25) is 0 Å². The smallest absolute Gasteiger partial charge is 0.276 e. The minimum Gasteiger partial charge on any atom is -0.321 e. The molecule has 1 amide bonds. The lowest BCUT2D eigenvalue weighted by Gasteiger charge is -2.13. The van der Waals surface area contributed by atoms with Gasteiger partial charge < -0.3 is 5.32 Å². The number of hydrogen-bond acceptors (Lipinski definition) is 4. The third-order valence-electron chi connectivity index (χ3n) is 4.27. The van der Waals surface area contributed by atoms with E-state index in [1.807, 2.05) is 0 Å². The first-order valence-corrected chi connectivity index (χ1v) is 10.3. The average molecular weight is 416 g/mol. The molecule has 152 valence electrons. The summed E-state index contributed by atoms with van der Waals surface area (Å²) in [4.78, 5) is 12.3. The van der Waals surface area contributed by atoms with Gasteiger partial charge in [-0.25, -0.2) is 12.8 Å². The Hall–Kier alpha value is -3.20. The lowest BCUT2D eigenvalue weighted by atomic mass is 10.1. The summed E-state index contributed by atoms with van der Waals surface area (Å²) in [5.41, 5.74) is 1.82. The number of rotatable bonds is 6. The van der Waals surface area contributed by atoms with Crippen LogP contribution in [0.3, 0.4) is 0 Å². The minimum absolute atomic E-state index is 0.0621. The molecule has 1 heterocycles. The first-order chi connectivity index (χ1) is 13.7. The van der Waals surface area contributed by atoms with Crippen LogP contribution in [0.15, 0.2) is 59.6 Å². The molecule has 0 aliphatic heterocycles. The zero-order valence-electron chi connectivity index (χ0n) is 16.2. The Balaban J connectivity index is 1.80. The van der Waals surface area contributed by atoms with Gasteiger partial charge in [-0.3, -0.25) is 14.2 Å². The lowest BCUT2D eigenvalue weighted by Crippen LogP contribution is -2.16. The number of hydrogen-bond donors (Lipinski definition) is 2. The Morgan fingerprint density at radius 1 is 1.14 bits per heavy atom. The number of carbonyl (C=O) groups is 1. The van der Waals surface area contributed by atoms with Crippen molar-refractivity contribution in [3.63, 3.8) is 0 Å². The summed E-state index contributed by atoms with van der Waals surface area (Å²) in [5.74, 6) is -0.393. The molecule has 1 unspecified atom stereocenters. The minimum atomic E-state index is -3.88. The summed E-state index contributed by atoms with van der Waals surface area (Å²) < 4.78 is 43.0. The highest BCUT2D eigenvalue weighted by Gasteiger charge is 2.18. The molecule has 0 saturated heterocycles. The number of halogens is 1. The van der Waals surface area contributed by atoms with Crippen molar-refractivity contribution in [2.75, 3.05) is 10.0 Å². The molecular weight excluding hydrogens is 395 g/mol. The Morgan fingerprint density at radius 3 is 2.52 bits per heavy atom. The van der Waals surface area contributed by atoms with Crippen molar-refractivity contribution < 1.29 is 17.6 Å². The van der Waals surface area contributed by atoms with Gasteiger partial charge in [0.05, 0.1) is 4.90 Å². The van der Waals surface area contributed by atoms with E-state index in [0.29, 0.717) is 16.8 Å². The molecule has 1 atom stereocenters. The number of alkyl halides is 1. The maximum atomic E-state index is 13.5. The SMILES string of the molecule is Cc1cc(NC(=O)c2ccn(C)n2)ccc1S(=O)(=O)Nc1cccc(C(C)F)c1. The molecule has 7 nitrogen and oxygen atoms in total. The Bertz CT molecular complexity index is 1160. The van der Waals surface area contributed by atoms with E-state index in [9.17, 15) is 17.6 Å². The first kappa shape index (κ1) is 20.5. The van der Waals surface area contributed by atoms with Crippen molar-refractivity contribution in [3.8, 4) is 0 Å². The standard InChI is InChI=1S/C20H21FN4O3S/c1-13-11-16(22-20(26)18-9-10-25(3)23-18)7-8-19(13)29(27,28)24-17-6-4-5-15(12-17)14(2)21/h4-12,14,24H,1-3H3,(H,22,26). The number of nitrogens with zero attached hydrogens (tertiary/aromatic N) is 2. The van der Waals surface area contributed by atoms with Crippen LogP contribution in [0, 0.1) is 6.92 Å². The molecule has 2 aromatic carbocycles. The van der Waals surface area contributed by atoms with E-state index in [1.54, 1.807) is 50.5 Å². The zero-order valence-corrected chi connectivity index (χ0v) is 17.0. The van der Waals surface area contributed by atoms with Gasteiger partial charge in [0.1, 0.15) is 6.17 Å². The van der Waals surface area contributed by atoms with Crippen molar-refractivity contribution in [2.45, 2.75) is 24.9 Å². The Kier molecular flexibility index (Phi) is 5.69. The number of aromatic nitrogens is 2. The number of carbonyl (C=O) groups excluding carboxylic acids is 1. The predicted molar refractivity (Wildman–Crippen MR) is 109 cm³/mol. The molecule has 9 heteroatoms. The summed E-state index contributed by atoms with van der Waals surface area (Å²) in [5, 5.41) is 6.71. The average Bonchev–Trinajstić information content (AvgIpc) is 3.08. The van der Waals surface area contributed by atoms with E-state index >= 15 is 0 Å². The second kappa shape index (κ2) is 8.04. The second-order valence-corrected chi connectivity index (χ2v) is 8.31. The molecule has 2 N–H and O–H groups in total. The van der Waals surface area contributed by atoms with Gasteiger partial charge >= 0.3 is 0 Å². The number of aryl methyl sites for hydroxylation is 2. The third-order valence-corrected chi connectivity index (χ3v) is 5.81. The van der Waals surface area contributed by atoms with Gasteiger partial charge in [-0.2, -0.15) is 5.10 Å². The van der Waals surface area contributed by atoms with Gasteiger partial charge in [-0.1, -0.05) is 12.1 Å². The van der Waals surface area contributed by atoms with Crippen molar-refractivity contribution in [3.05, 3.63) is 71.5 Å². The highest BCUT2D eigenvalue weighted by Crippen LogP contribution is 2.25. The molecule has 0 aliphatic carbocycles. The van der Waals surface area contributed by atoms with E-state index in [-0.39, 0.29) is 16.3 Å². The third kappa shape index (κ3) is 4.80. The molecule has 0 aliphatic rings. The molecule has 3 rings (SSSR count). The molecule has 0 saturated carbocycles. The van der Waals surface area contributed by atoms with E-state index in [2.05, 4.69) is 15.1 Å². The summed E-state index contributed by atoms with van der Waals surface area (Å²) >= 11 is 0. The maximum absolute atomic E-state index is 13.5. The largest absolute Gasteiger partial charge is 0.321 e. The quantitative estimate of drug-likeness (QED) is 0.639. The van der Waals surface area contributed by atoms with Crippen molar-refractivity contribution in [1.82, 2.24) is 9.78 Å². The van der Waals surface area contributed by atoms with Crippen molar-refractivity contribution in [2.24, 2.45) is 7.05 Å². The Labute approximate surface area is 168 Å². The van der Waals surface area contributed by atoms with Crippen LogP contribution in [0.25, 0.3) is 0 Å². The first-order valence-electron chi connectivity index (χ1n) is 8.84. The fourth-order valence-corrected chi connectivity index (χ4v) is 4.10. The monoisotopic (exact) mass is 416 g/mol. The van der Waals surface area contributed by atoms with Crippen LogP contribution in [0.5, 0.6) is 0 Å². The second-order valence-electron chi connectivity index (χ2n) is 6.66. The predicted octanol–water partition coefficient (Wildman–Crippen LogP) is 3.81. The van der Waals surface area contributed by atoms with E-state index in [1.165, 1.54) is 29.8 Å². The van der Waals surface area contributed by atoms with Crippen LogP contribution in [-0.2, 0) is 17.1 Å². The number of sulfonamides is 1. The zero-order chi connectivity index (χ0) is 21.2. The van der Waals surface area contributed by atoms with Crippen LogP contribution >= 0.6 is 0 Å². The van der Waals surface area contributed by atoms with E-state index < -0.39 is 22.1 Å². The lowest BCUT2D eigenvalue weighted by molar-refractivity contribution is 0.102. The van der Waals surface area contributed by atoms with E-state index in [4.69, 9.17) is 0 Å².